The largest absolute Gasteiger partial charge is 0.348 e. The normalized spacial score (nSPS) is 21.9. The number of nitro benzene ring substituents is 1. The Morgan fingerprint density at radius 3 is 2.81 bits per heavy atom. The van der Waals surface area contributed by atoms with Crippen LogP contribution in [0.1, 0.15) is 30.1 Å². The second-order valence-corrected chi connectivity index (χ2v) is 5.80. The van der Waals surface area contributed by atoms with Gasteiger partial charge in [-0.15, -0.1) is 0 Å². The number of hydrogen-bond acceptors (Lipinski definition) is 4. The van der Waals surface area contributed by atoms with Crippen molar-refractivity contribution in [2.45, 2.75) is 31.8 Å². The summed E-state index contributed by atoms with van der Waals surface area (Å²) in [5.41, 5.74) is -0.238. The summed E-state index contributed by atoms with van der Waals surface area (Å²) in [5.74, 6) is -0.453. The maximum Gasteiger partial charge on any atom is 0.271 e. The Hall–Kier alpha value is -1.37. The van der Waals surface area contributed by atoms with Gasteiger partial charge in [-0.25, -0.2) is 0 Å². The summed E-state index contributed by atoms with van der Waals surface area (Å²) < 4.78 is 0. The molecule has 21 heavy (non-hydrogen) atoms. The van der Waals surface area contributed by atoms with Crippen molar-refractivity contribution in [3.63, 3.8) is 0 Å². The first-order valence-corrected chi connectivity index (χ1v) is 7.33. The van der Waals surface area contributed by atoms with Crippen LogP contribution in [0.2, 0.25) is 10.0 Å². The smallest absolute Gasteiger partial charge is 0.271 e. The van der Waals surface area contributed by atoms with Gasteiger partial charge in [0.25, 0.3) is 11.6 Å². The average molecular weight is 332 g/mol. The first-order chi connectivity index (χ1) is 9.90. The van der Waals surface area contributed by atoms with Crippen molar-refractivity contribution in [2.75, 3.05) is 6.54 Å². The molecule has 114 valence electrons. The molecular formula is C13H15Cl2N3O3. The molecule has 0 aliphatic carbocycles. The second-order valence-electron chi connectivity index (χ2n) is 5.01. The van der Waals surface area contributed by atoms with E-state index in [2.05, 4.69) is 10.6 Å². The molecule has 1 aromatic carbocycles. The molecule has 1 fully saturated rings. The monoisotopic (exact) mass is 331 g/mol. The number of carbonyl (C=O) groups is 1. The quantitative estimate of drug-likeness (QED) is 0.658. The Kier molecular flexibility index (Phi) is 5.03. The highest BCUT2D eigenvalue weighted by Gasteiger charge is 2.25. The molecule has 1 amide bonds. The summed E-state index contributed by atoms with van der Waals surface area (Å²) in [4.78, 5) is 22.5. The molecule has 1 aliphatic rings. The first-order valence-electron chi connectivity index (χ1n) is 6.58. The zero-order chi connectivity index (χ0) is 15.6. The molecular weight excluding hydrogens is 317 g/mol. The first kappa shape index (κ1) is 16.0. The molecule has 0 aromatic heterocycles. The van der Waals surface area contributed by atoms with Gasteiger partial charge in [0, 0.05) is 24.2 Å². The van der Waals surface area contributed by atoms with E-state index in [0.29, 0.717) is 0 Å². The van der Waals surface area contributed by atoms with Crippen LogP contribution in [0.5, 0.6) is 0 Å². The third-order valence-corrected chi connectivity index (χ3v) is 4.35. The maximum atomic E-state index is 12.3. The number of nitrogens with zero attached hydrogens (tertiary/aromatic N) is 1. The van der Waals surface area contributed by atoms with E-state index < -0.39 is 10.8 Å². The van der Waals surface area contributed by atoms with Gasteiger partial charge in [0.05, 0.1) is 20.5 Å². The van der Waals surface area contributed by atoms with Gasteiger partial charge in [-0.05, 0) is 26.3 Å². The molecule has 1 saturated heterocycles. The fourth-order valence-electron chi connectivity index (χ4n) is 2.33. The number of nitrogens with one attached hydrogen (secondary N) is 2. The van der Waals surface area contributed by atoms with Crippen LogP contribution in [0.15, 0.2) is 12.1 Å². The number of hydrogen-bond donors (Lipinski definition) is 2. The number of halogens is 2. The number of amides is 1. The van der Waals surface area contributed by atoms with E-state index in [1.807, 2.05) is 6.92 Å². The molecule has 0 bridgehead atoms. The molecule has 6 nitrogen and oxygen atoms in total. The van der Waals surface area contributed by atoms with E-state index in [4.69, 9.17) is 23.2 Å². The lowest BCUT2D eigenvalue weighted by Gasteiger charge is -2.30. The average Bonchev–Trinajstić information content (AvgIpc) is 2.43. The zero-order valence-corrected chi connectivity index (χ0v) is 12.9. The van der Waals surface area contributed by atoms with E-state index >= 15 is 0 Å². The molecule has 0 spiro atoms. The Morgan fingerprint density at radius 1 is 1.48 bits per heavy atom. The standard InChI is InChI=1S/C13H15Cl2N3O3/c1-7-11(3-2-4-16-7)17-13(19)9-5-8(18(20)21)6-10(14)12(9)15/h5-7,11,16H,2-4H2,1H3,(H,17,19). The van der Waals surface area contributed by atoms with Gasteiger partial charge < -0.3 is 10.6 Å². The minimum Gasteiger partial charge on any atom is -0.348 e. The molecule has 2 rings (SSSR count). The van der Waals surface area contributed by atoms with E-state index in [1.54, 1.807) is 0 Å². The molecule has 1 aromatic rings. The zero-order valence-electron chi connectivity index (χ0n) is 11.4. The number of benzene rings is 1. The fraction of sp³-hybridized carbons (Fsp3) is 0.462. The molecule has 1 aliphatic heterocycles. The summed E-state index contributed by atoms with van der Waals surface area (Å²) in [6.45, 7) is 2.89. The van der Waals surface area contributed by atoms with Crippen LogP contribution in [-0.4, -0.2) is 29.5 Å². The third kappa shape index (κ3) is 3.64. The van der Waals surface area contributed by atoms with Gasteiger partial charge in [0.15, 0.2) is 0 Å². The highest BCUT2D eigenvalue weighted by Crippen LogP contribution is 2.31. The summed E-state index contributed by atoms with van der Waals surface area (Å²) in [6.07, 6.45) is 1.80. The van der Waals surface area contributed by atoms with Crippen molar-refractivity contribution in [1.29, 1.82) is 0 Å². The van der Waals surface area contributed by atoms with Crippen LogP contribution in [0.25, 0.3) is 0 Å². The lowest BCUT2D eigenvalue weighted by molar-refractivity contribution is -0.384. The van der Waals surface area contributed by atoms with E-state index in [-0.39, 0.29) is 33.4 Å². The SMILES string of the molecule is CC1NCCCC1NC(=O)c1cc([N+](=O)[O-])cc(Cl)c1Cl. The number of nitro groups is 1. The summed E-state index contributed by atoms with van der Waals surface area (Å²) in [7, 11) is 0. The minimum atomic E-state index is -0.607. The highest BCUT2D eigenvalue weighted by molar-refractivity contribution is 6.44. The molecule has 0 saturated carbocycles. The Morgan fingerprint density at radius 2 is 2.19 bits per heavy atom. The van der Waals surface area contributed by atoms with E-state index in [0.717, 1.165) is 31.5 Å². The number of rotatable bonds is 3. The van der Waals surface area contributed by atoms with Crippen LogP contribution in [-0.2, 0) is 0 Å². The van der Waals surface area contributed by atoms with Crippen LogP contribution < -0.4 is 10.6 Å². The fourth-order valence-corrected chi connectivity index (χ4v) is 2.74. The van der Waals surface area contributed by atoms with Crippen molar-refractivity contribution in [1.82, 2.24) is 10.6 Å². The topological polar surface area (TPSA) is 84.3 Å². The van der Waals surface area contributed by atoms with Gasteiger partial charge in [-0.1, -0.05) is 23.2 Å². The van der Waals surface area contributed by atoms with Crippen LogP contribution in [0.3, 0.4) is 0 Å². The summed E-state index contributed by atoms with van der Waals surface area (Å²) in [5, 5.41) is 17.0. The molecule has 8 heteroatoms. The Balaban J connectivity index is 2.24. The third-order valence-electron chi connectivity index (χ3n) is 3.55. The molecule has 2 unspecified atom stereocenters. The van der Waals surface area contributed by atoms with E-state index in [1.165, 1.54) is 0 Å². The summed E-state index contributed by atoms with van der Waals surface area (Å²) >= 11 is 11.8. The maximum absolute atomic E-state index is 12.3. The number of piperidine rings is 1. The van der Waals surface area contributed by atoms with Gasteiger partial charge in [-0.3, -0.25) is 14.9 Å². The predicted octanol–water partition coefficient (Wildman–Crippen LogP) is 2.77. The minimum absolute atomic E-state index is 0.00849. The van der Waals surface area contributed by atoms with Crippen LogP contribution in [0, 0.1) is 10.1 Å². The van der Waals surface area contributed by atoms with Gasteiger partial charge in [-0.2, -0.15) is 0 Å². The van der Waals surface area contributed by atoms with Crippen molar-refractivity contribution < 1.29 is 9.72 Å². The Labute approximate surface area is 132 Å². The summed E-state index contributed by atoms with van der Waals surface area (Å²) in [6, 6.07) is 2.37. The van der Waals surface area contributed by atoms with Crippen molar-refractivity contribution >= 4 is 34.8 Å². The second kappa shape index (κ2) is 6.60. The van der Waals surface area contributed by atoms with Gasteiger partial charge in [0.2, 0.25) is 0 Å². The highest BCUT2D eigenvalue weighted by atomic mass is 35.5. The van der Waals surface area contributed by atoms with Crippen molar-refractivity contribution in [3.8, 4) is 0 Å². The van der Waals surface area contributed by atoms with Crippen molar-refractivity contribution in [2.24, 2.45) is 0 Å². The number of carbonyl (C=O) groups excluding carboxylic acids is 1. The molecule has 2 N–H and O–H groups in total. The molecule has 1 heterocycles. The Bertz CT molecular complexity index is 580. The van der Waals surface area contributed by atoms with Gasteiger partial charge in [0.1, 0.15) is 0 Å². The van der Waals surface area contributed by atoms with E-state index in [9.17, 15) is 14.9 Å². The van der Waals surface area contributed by atoms with Crippen LogP contribution in [0.4, 0.5) is 5.69 Å². The molecule has 2 atom stereocenters. The van der Waals surface area contributed by atoms with Gasteiger partial charge >= 0.3 is 0 Å². The van der Waals surface area contributed by atoms with Crippen molar-refractivity contribution in [3.05, 3.63) is 37.9 Å². The van der Waals surface area contributed by atoms with Crippen LogP contribution >= 0.6 is 23.2 Å². The molecule has 0 radical (unpaired) electrons. The number of non-ortho nitro benzene ring substituents is 1. The lowest BCUT2D eigenvalue weighted by atomic mass is 9.99. The predicted molar refractivity (Wildman–Crippen MR) is 81.1 cm³/mol. The lowest BCUT2D eigenvalue weighted by Crippen LogP contribution is -2.51.